The molecule has 0 spiro atoms. The van der Waals surface area contributed by atoms with Crippen LogP contribution in [0, 0.1) is 0 Å². The van der Waals surface area contributed by atoms with Crippen LogP contribution in [0.4, 0.5) is 0 Å². The minimum Gasteiger partial charge on any atom is -0.396 e. The molecule has 10 heavy (non-hydrogen) atoms. The van der Waals surface area contributed by atoms with Gasteiger partial charge in [-0.05, 0) is 12.8 Å². The monoisotopic (exact) mass is 148 g/mol. The van der Waals surface area contributed by atoms with Crippen molar-refractivity contribution >= 4 is 0 Å². The van der Waals surface area contributed by atoms with Crippen LogP contribution in [-0.4, -0.2) is 34.6 Å². The van der Waals surface area contributed by atoms with Gasteiger partial charge in [0.2, 0.25) is 0 Å². The summed E-state index contributed by atoms with van der Waals surface area (Å²) in [5.74, 6) is 0. The lowest BCUT2D eigenvalue weighted by atomic mass is 10.1. The molecule has 0 unspecified atom stereocenters. The maximum Gasteiger partial charge on any atom is 0.0770 e. The lowest BCUT2D eigenvalue weighted by Crippen LogP contribution is -2.11. The molecule has 0 rings (SSSR count). The molecule has 0 aromatic carbocycles. The molecule has 0 heterocycles. The van der Waals surface area contributed by atoms with Gasteiger partial charge in [0.15, 0.2) is 0 Å². The first-order chi connectivity index (χ1) is 4.81. The molecule has 0 aromatic rings. The maximum atomic E-state index is 8.84. The van der Waals surface area contributed by atoms with Crippen molar-refractivity contribution in [2.45, 2.75) is 31.8 Å². The molecule has 1 atom stereocenters. The summed E-state index contributed by atoms with van der Waals surface area (Å²) in [5, 5.41) is 25.6. The predicted molar refractivity (Wildman–Crippen MR) is 38.6 cm³/mol. The number of unbranched alkanes of at least 4 members (excludes halogenated alkanes) is 2. The van der Waals surface area contributed by atoms with Gasteiger partial charge in [-0.15, -0.1) is 0 Å². The fourth-order valence-electron chi connectivity index (χ4n) is 0.760. The van der Waals surface area contributed by atoms with E-state index in [0.29, 0.717) is 6.42 Å². The van der Waals surface area contributed by atoms with E-state index in [4.69, 9.17) is 15.3 Å². The molecule has 0 amide bonds. The average molecular weight is 148 g/mol. The van der Waals surface area contributed by atoms with Gasteiger partial charge < -0.3 is 15.3 Å². The van der Waals surface area contributed by atoms with Crippen molar-refractivity contribution in [3.8, 4) is 0 Å². The summed E-state index contributed by atoms with van der Waals surface area (Å²) in [6.07, 6.45) is 2.66. The Balaban J connectivity index is 2.89. The third kappa shape index (κ3) is 6.01. The quantitative estimate of drug-likeness (QED) is 0.461. The second kappa shape index (κ2) is 6.99. The fourth-order valence-corrected chi connectivity index (χ4v) is 0.760. The molecular weight excluding hydrogens is 132 g/mol. The normalized spacial score (nSPS) is 13.5. The Labute approximate surface area is 61.3 Å². The molecule has 0 radical (unpaired) electrons. The van der Waals surface area contributed by atoms with Crippen molar-refractivity contribution in [1.29, 1.82) is 0 Å². The van der Waals surface area contributed by atoms with Crippen LogP contribution in [0.25, 0.3) is 0 Å². The van der Waals surface area contributed by atoms with E-state index >= 15 is 0 Å². The van der Waals surface area contributed by atoms with E-state index in [2.05, 4.69) is 0 Å². The highest BCUT2D eigenvalue weighted by atomic mass is 16.3. The average Bonchev–Trinajstić information content (AvgIpc) is 1.98. The maximum absolute atomic E-state index is 8.84. The fraction of sp³-hybridized carbons (Fsp3) is 1.00. The zero-order valence-corrected chi connectivity index (χ0v) is 6.16. The van der Waals surface area contributed by atoms with Crippen molar-refractivity contribution in [1.82, 2.24) is 0 Å². The van der Waals surface area contributed by atoms with Gasteiger partial charge in [0.25, 0.3) is 0 Å². The molecule has 3 N–H and O–H groups in total. The van der Waals surface area contributed by atoms with E-state index in [0.717, 1.165) is 19.3 Å². The molecule has 0 fully saturated rings. The Morgan fingerprint density at radius 1 is 1.00 bits per heavy atom. The first kappa shape index (κ1) is 9.88. The summed E-state index contributed by atoms with van der Waals surface area (Å²) < 4.78 is 0. The van der Waals surface area contributed by atoms with Crippen molar-refractivity contribution in [3.63, 3.8) is 0 Å². The third-order valence-corrected chi connectivity index (χ3v) is 1.41. The van der Waals surface area contributed by atoms with Gasteiger partial charge in [0.1, 0.15) is 0 Å². The molecular formula is C7H16O3. The molecule has 0 saturated heterocycles. The van der Waals surface area contributed by atoms with Gasteiger partial charge in [-0.3, -0.25) is 0 Å². The first-order valence-corrected chi connectivity index (χ1v) is 3.71. The molecule has 0 aliphatic rings. The molecule has 0 aliphatic carbocycles. The minimum absolute atomic E-state index is 0.154. The Morgan fingerprint density at radius 2 is 1.70 bits per heavy atom. The Bertz CT molecular complexity index is 65.9. The van der Waals surface area contributed by atoms with Gasteiger partial charge >= 0.3 is 0 Å². The van der Waals surface area contributed by atoms with Gasteiger partial charge in [0.05, 0.1) is 12.7 Å². The summed E-state index contributed by atoms with van der Waals surface area (Å²) in [7, 11) is 0. The van der Waals surface area contributed by atoms with Crippen LogP contribution < -0.4 is 0 Å². The van der Waals surface area contributed by atoms with Crippen molar-refractivity contribution in [2.75, 3.05) is 13.2 Å². The molecule has 3 heteroatoms. The third-order valence-electron chi connectivity index (χ3n) is 1.41. The highest BCUT2D eigenvalue weighted by molar-refractivity contribution is 4.52. The van der Waals surface area contributed by atoms with E-state index in [1.165, 1.54) is 0 Å². The molecule has 3 nitrogen and oxygen atoms in total. The van der Waals surface area contributed by atoms with E-state index in [9.17, 15) is 0 Å². The highest BCUT2D eigenvalue weighted by Gasteiger charge is 1.99. The summed E-state index contributed by atoms with van der Waals surface area (Å²) >= 11 is 0. The SMILES string of the molecule is OCCCCC[C@H](O)CO. The topological polar surface area (TPSA) is 60.7 Å². The smallest absolute Gasteiger partial charge is 0.0770 e. The van der Waals surface area contributed by atoms with Crippen molar-refractivity contribution in [2.24, 2.45) is 0 Å². The van der Waals surface area contributed by atoms with Gasteiger partial charge in [-0.1, -0.05) is 12.8 Å². The van der Waals surface area contributed by atoms with E-state index in [1.54, 1.807) is 0 Å². The van der Waals surface area contributed by atoms with Gasteiger partial charge in [-0.2, -0.15) is 0 Å². The van der Waals surface area contributed by atoms with E-state index in [-0.39, 0.29) is 13.2 Å². The summed E-state index contributed by atoms with van der Waals surface area (Å²) in [6.45, 7) is 0.0638. The Kier molecular flexibility index (Phi) is 6.91. The second-order valence-corrected chi connectivity index (χ2v) is 2.41. The van der Waals surface area contributed by atoms with Crippen LogP contribution in [0.15, 0.2) is 0 Å². The standard InChI is InChI=1S/C7H16O3/c8-5-3-1-2-4-7(10)6-9/h7-10H,1-6H2/t7-/m0/s1. The van der Waals surface area contributed by atoms with Crippen LogP contribution >= 0.6 is 0 Å². The number of rotatable bonds is 6. The summed E-state index contributed by atoms with van der Waals surface area (Å²) in [4.78, 5) is 0. The van der Waals surface area contributed by atoms with E-state index < -0.39 is 6.10 Å². The number of aliphatic hydroxyl groups excluding tert-OH is 3. The lowest BCUT2D eigenvalue weighted by Gasteiger charge is -2.04. The van der Waals surface area contributed by atoms with Crippen LogP contribution in [-0.2, 0) is 0 Å². The van der Waals surface area contributed by atoms with Crippen molar-refractivity contribution < 1.29 is 15.3 Å². The number of hydrogen-bond donors (Lipinski definition) is 3. The molecule has 0 bridgehead atoms. The van der Waals surface area contributed by atoms with E-state index in [1.807, 2.05) is 0 Å². The summed E-state index contributed by atoms with van der Waals surface area (Å²) in [5.41, 5.74) is 0. The Hall–Kier alpha value is -0.120. The zero-order chi connectivity index (χ0) is 7.82. The lowest BCUT2D eigenvalue weighted by molar-refractivity contribution is 0.0856. The van der Waals surface area contributed by atoms with Crippen LogP contribution in [0.5, 0.6) is 0 Å². The predicted octanol–water partition coefficient (Wildman–Crippen LogP) is -0.108. The largest absolute Gasteiger partial charge is 0.396 e. The second-order valence-electron chi connectivity index (χ2n) is 2.41. The molecule has 0 saturated carbocycles. The first-order valence-electron chi connectivity index (χ1n) is 3.71. The van der Waals surface area contributed by atoms with Crippen molar-refractivity contribution in [3.05, 3.63) is 0 Å². The van der Waals surface area contributed by atoms with Gasteiger partial charge in [-0.25, -0.2) is 0 Å². The highest BCUT2D eigenvalue weighted by Crippen LogP contribution is 2.02. The Morgan fingerprint density at radius 3 is 2.20 bits per heavy atom. The molecule has 62 valence electrons. The minimum atomic E-state index is -0.571. The van der Waals surface area contributed by atoms with Crippen LogP contribution in [0.2, 0.25) is 0 Å². The van der Waals surface area contributed by atoms with Gasteiger partial charge in [0, 0.05) is 6.61 Å². The number of hydrogen-bond acceptors (Lipinski definition) is 3. The molecule has 0 aromatic heterocycles. The summed E-state index contributed by atoms with van der Waals surface area (Å²) in [6, 6.07) is 0. The number of aliphatic hydroxyl groups is 3. The zero-order valence-electron chi connectivity index (χ0n) is 6.16. The van der Waals surface area contributed by atoms with Crippen LogP contribution in [0.3, 0.4) is 0 Å². The molecule has 0 aliphatic heterocycles. The van der Waals surface area contributed by atoms with Crippen LogP contribution in [0.1, 0.15) is 25.7 Å².